The first-order valence-electron chi connectivity index (χ1n) is 9.78. The van der Waals surface area contributed by atoms with Gasteiger partial charge >= 0.3 is 0 Å². The fraction of sp³-hybridized carbons (Fsp3) is 0.333. The first-order valence-corrected chi connectivity index (χ1v) is 9.78. The van der Waals surface area contributed by atoms with Gasteiger partial charge in [-0.1, -0.05) is 38.1 Å². The van der Waals surface area contributed by atoms with Crippen LogP contribution in [-0.2, 0) is 9.59 Å². The number of halogens is 1. The summed E-state index contributed by atoms with van der Waals surface area (Å²) >= 11 is 0. The maximum atomic E-state index is 14.6. The average Bonchev–Trinajstić information content (AvgIpc) is 2.67. The van der Waals surface area contributed by atoms with Crippen LogP contribution < -0.4 is 9.64 Å². The Balaban J connectivity index is 1.88. The van der Waals surface area contributed by atoms with Crippen LogP contribution in [0.4, 0.5) is 10.1 Å². The molecule has 0 N–H and O–H groups in total. The third-order valence-electron chi connectivity index (χ3n) is 5.75. The Morgan fingerprint density at radius 3 is 2.38 bits per heavy atom. The van der Waals surface area contributed by atoms with Gasteiger partial charge in [0.05, 0.1) is 12.8 Å². The van der Waals surface area contributed by atoms with E-state index in [9.17, 15) is 14.0 Å². The molecule has 4 rings (SSSR count). The van der Waals surface area contributed by atoms with Crippen molar-refractivity contribution in [1.29, 1.82) is 0 Å². The number of anilines is 1. The van der Waals surface area contributed by atoms with E-state index in [-0.39, 0.29) is 35.1 Å². The quantitative estimate of drug-likeness (QED) is 0.737. The molecule has 0 spiro atoms. The molecular weight excluding hydrogens is 369 g/mol. The minimum absolute atomic E-state index is 0.0332. The molecule has 1 heterocycles. The number of rotatable bonds is 3. The van der Waals surface area contributed by atoms with Crippen LogP contribution >= 0.6 is 0 Å². The summed E-state index contributed by atoms with van der Waals surface area (Å²) < 4.78 is 19.8. The summed E-state index contributed by atoms with van der Waals surface area (Å²) in [5.41, 5.74) is 2.09. The van der Waals surface area contributed by atoms with Crippen LogP contribution in [0, 0.1) is 11.2 Å². The number of amides is 1. The molecule has 4 nitrogen and oxygen atoms in total. The van der Waals surface area contributed by atoms with Gasteiger partial charge in [-0.15, -0.1) is 0 Å². The van der Waals surface area contributed by atoms with E-state index >= 15 is 0 Å². The molecule has 0 bridgehead atoms. The summed E-state index contributed by atoms with van der Waals surface area (Å²) in [5.74, 6) is -0.235. The molecule has 1 aliphatic heterocycles. The molecule has 29 heavy (non-hydrogen) atoms. The second kappa shape index (κ2) is 7.14. The molecule has 1 unspecified atom stereocenters. The number of hydrogen-bond acceptors (Lipinski definition) is 3. The van der Waals surface area contributed by atoms with Crippen LogP contribution in [0.5, 0.6) is 5.75 Å². The van der Waals surface area contributed by atoms with Gasteiger partial charge in [0.2, 0.25) is 5.91 Å². The molecule has 1 aliphatic carbocycles. The highest BCUT2D eigenvalue weighted by atomic mass is 19.1. The van der Waals surface area contributed by atoms with Gasteiger partial charge in [-0.25, -0.2) is 4.39 Å². The lowest BCUT2D eigenvalue weighted by Gasteiger charge is -2.43. The Morgan fingerprint density at radius 2 is 1.72 bits per heavy atom. The SMILES string of the molecule is COc1ccc(C2CC(=O)N(c3ccccc3F)C3=C2C(=O)CC(C)(C)C3)cc1. The average molecular weight is 393 g/mol. The second-order valence-electron chi connectivity index (χ2n) is 8.51. The zero-order chi connectivity index (χ0) is 20.8. The Bertz CT molecular complexity index is 1010. The van der Waals surface area contributed by atoms with E-state index in [4.69, 9.17) is 4.74 Å². The van der Waals surface area contributed by atoms with Crippen LogP contribution in [0.3, 0.4) is 0 Å². The number of carbonyl (C=O) groups is 2. The number of benzene rings is 2. The molecule has 2 aliphatic rings. The minimum Gasteiger partial charge on any atom is -0.497 e. The van der Waals surface area contributed by atoms with Gasteiger partial charge in [0.15, 0.2) is 5.78 Å². The predicted octanol–water partition coefficient (Wildman–Crippen LogP) is 5.00. The number of nitrogens with zero attached hydrogens (tertiary/aromatic N) is 1. The highest BCUT2D eigenvalue weighted by Gasteiger charge is 2.44. The molecule has 2 aromatic carbocycles. The number of ketones is 1. The highest BCUT2D eigenvalue weighted by Crippen LogP contribution is 2.48. The Morgan fingerprint density at radius 1 is 1.03 bits per heavy atom. The Labute approximate surface area is 170 Å². The summed E-state index contributed by atoms with van der Waals surface area (Å²) in [4.78, 5) is 27.9. The number of ether oxygens (including phenoxy) is 1. The third-order valence-corrected chi connectivity index (χ3v) is 5.75. The van der Waals surface area contributed by atoms with Gasteiger partial charge in [0.1, 0.15) is 11.6 Å². The van der Waals surface area contributed by atoms with Crippen molar-refractivity contribution < 1.29 is 18.7 Å². The highest BCUT2D eigenvalue weighted by molar-refractivity contribution is 6.07. The van der Waals surface area contributed by atoms with Crippen molar-refractivity contribution >= 4 is 17.4 Å². The molecule has 1 atom stereocenters. The molecule has 0 saturated carbocycles. The Kier molecular flexibility index (Phi) is 4.77. The van der Waals surface area contributed by atoms with Crippen molar-refractivity contribution in [3.8, 4) is 5.75 Å². The minimum atomic E-state index is -0.466. The van der Waals surface area contributed by atoms with Crippen molar-refractivity contribution in [2.45, 2.75) is 39.0 Å². The van der Waals surface area contributed by atoms with E-state index < -0.39 is 5.82 Å². The summed E-state index contributed by atoms with van der Waals surface area (Å²) in [6.07, 6.45) is 1.09. The number of allylic oxidation sites excluding steroid dienone is 2. The molecule has 150 valence electrons. The summed E-state index contributed by atoms with van der Waals surface area (Å²) in [6, 6.07) is 13.7. The number of hydrogen-bond donors (Lipinski definition) is 0. The number of methoxy groups -OCH3 is 1. The number of carbonyl (C=O) groups excluding carboxylic acids is 2. The maximum absolute atomic E-state index is 14.6. The summed E-state index contributed by atoms with van der Waals surface area (Å²) in [6.45, 7) is 4.02. The molecule has 0 radical (unpaired) electrons. The standard InChI is InChI=1S/C24H24FNO3/c1-24(2)13-20-23(21(27)14-24)17(15-8-10-16(29-3)11-9-15)12-22(28)26(20)19-7-5-4-6-18(19)25/h4-11,17H,12-14H2,1-3H3. The van der Waals surface area contributed by atoms with E-state index in [1.165, 1.54) is 11.0 Å². The molecule has 1 amide bonds. The first kappa shape index (κ1) is 19.4. The van der Waals surface area contributed by atoms with Crippen LogP contribution in [0.2, 0.25) is 0 Å². The van der Waals surface area contributed by atoms with Gasteiger partial charge in [-0.3, -0.25) is 14.5 Å². The topological polar surface area (TPSA) is 46.6 Å². The van der Waals surface area contributed by atoms with Crippen molar-refractivity contribution in [2.75, 3.05) is 12.0 Å². The van der Waals surface area contributed by atoms with Gasteiger partial charge in [0.25, 0.3) is 0 Å². The van der Waals surface area contributed by atoms with Crippen LogP contribution in [-0.4, -0.2) is 18.8 Å². The summed E-state index contributed by atoms with van der Waals surface area (Å²) in [5, 5.41) is 0. The molecule has 0 saturated heterocycles. The fourth-order valence-corrected chi connectivity index (χ4v) is 4.45. The van der Waals surface area contributed by atoms with Gasteiger partial charge in [-0.05, 0) is 41.7 Å². The lowest BCUT2D eigenvalue weighted by Crippen LogP contribution is -2.44. The largest absolute Gasteiger partial charge is 0.497 e. The third kappa shape index (κ3) is 3.46. The van der Waals surface area contributed by atoms with E-state index in [0.717, 1.165) is 5.56 Å². The lowest BCUT2D eigenvalue weighted by molar-refractivity contribution is -0.121. The van der Waals surface area contributed by atoms with Crippen LogP contribution in [0.15, 0.2) is 59.8 Å². The first-order chi connectivity index (χ1) is 13.8. The van der Waals surface area contributed by atoms with E-state index in [1.807, 2.05) is 38.1 Å². The molecular formula is C24H24FNO3. The van der Waals surface area contributed by atoms with Gasteiger partial charge < -0.3 is 4.74 Å². The van der Waals surface area contributed by atoms with Gasteiger partial charge in [0, 0.05) is 30.0 Å². The van der Waals surface area contributed by atoms with Gasteiger partial charge in [-0.2, -0.15) is 0 Å². The van der Waals surface area contributed by atoms with Crippen molar-refractivity contribution in [3.05, 3.63) is 71.2 Å². The van der Waals surface area contributed by atoms with E-state index in [1.54, 1.807) is 25.3 Å². The van der Waals surface area contributed by atoms with E-state index in [0.29, 0.717) is 29.9 Å². The molecule has 0 fully saturated rings. The fourth-order valence-electron chi connectivity index (χ4n) is 4.45. The maximum Gasteiger partial charge on any atom is 0.232 e. The monoisotopic (exact) mass is 393 g/mol. The normalized spacial score (nSPS) is 21.2. The zero-order valence-electron chi connectivity index (χ0n) is 16.9. The number of Topliss-reactive ketones (excluding diaryl/α,β-unsaturated/α-hetero) is 1. The van der Waals surface area contributed by atoms with Crippen molar-refractivity contribution in [1.82, 2.24) is 0 Å². The number of para-hydroxylation sites is 1. The second-order valence-corrected chi connectivity index (χ2v) is 8.51. The van der Waals surface area contributed by atoms with Crippen molar-refractivity contribution in [2.24, 2.45) is 5.41 Å². The van der Waals surface area contributed by atoms with Crippen LogP contribution in [0.25, 0.3) is 0 Å². The molecule has 0 aromatic heterocycles. The molecule has 5 heteroatoms. The smallest absolute Gasteiger partial charge is 0.232 e. The summed E-state index contributed by atoms with van der Waals surface area (Å²) in [7, 11) is 1.60. The van der Waals surface area contributed by atoms with Crippen LogP contribution in [0.1, 0.15) is 44.6 Å². The zero-order valence-corrected chi connectivity index (χ0v) is 16.9. The van der Waals surface area contributed by atoms with Crippen molar-refractivity contribution in [3.63, 3.8) is 0 Å². The van der Waals surface area contributed by atoms with E-state index in [2.05, 4.69) is 0 Å². The lowest BCUT2D eigenvalue weighted by atomic mass is 9.69. The molecule has 2 aromatic rings. The Hall–Kier alpha value is -2.95. The predicted molar refractivity (Wildman–Crippen MR) is 109 cm³/mol.